The Hall–Kier alpha value is -1.54. The molecule has 0 aliphatic heterocycles. The van der Waals surface area contributed by atoms with E-state index in [0.29, 0.717) is 0 Å². The van der Waals surface area contributed by atoms with Gasteiger partial charge in [-0.25, -0.2) is 0 Å². The van der Waals surface area contributed by atoms with Gasteiger partial charge in [0.25, 0.3) is 0 Å². The Morgan fingerprint density at radius 3 is 1.44 bits per heavy atom. The molecule has 0 saturated heterocycles. The first-order valence-corrected chi connectivity index (χ1v) is 9.79. The highest BCUT2D eigenvalue weighted by Crippen LogP contribution is 2.28. The van der Waals surface area contributed by atoms with E-state index in [1.807, 2.05) is 0 Å². The molecular formula is C23H26BBr. The minimum absolute atomic E-state index is 0.286. The lowest BCUT2D eigenvalue weighted by molar-refractivity contribution is 1.33. The third-order valence-corrected chi connectivity index (χ3v) is 6.05. The van der Waals surface area contributed by atoms with E-state index >= 15 is 0 Å². The van der Waals surface area contributed by atoms with Crippen molar-refractivity contribution in [3.05, 3.63) is 79.8 Å². The van der Waals surface area contributed by atoms with Crippen molar-refractivity contribution < 1.29 is 0 Å². The third kappa shape index (κ3) is 3.42. The van der Waals surface area contributed by atoms with E-state index in [2.05, 4.69) is 93.9 Å². The van der Waals surface area contributed by atoms with Crippen molar-refractivity contribution in [3.63, 3.8) is 0 Å². The van der Waals surface area contributed by atoms with Crippen LogP contribution in [0.4, 0.5) is 0 Å². The summed E-state index contributed by atoms with van der Waals surface area (Å²) >= 11 is 3.84. The van der Waals surface area contributed by atoms with Crippen molar-refractivity contribution in [3.8, 4) is 0 Å². The molecule has 0 bridgehead atoms. The number of hydrogen-bond donors (Lipinski definition) is 0. The van der Waals surface area contributed by atoms with E-state index in [1.165, 1.54) is 54.3 Å². The highest BCUT2D eigenvalue weighted by atomic mass is 79.9. The second kappa shape index (κ2) is 7.00. The summed E-state index contributed by atoms with van der Waals surface area (Å²) < 4.78 is 1.32. The van der Waals surface area contributed by atoms with Crippen LogP contribution in [0.15, 0.2) is 46.4 Å². The third-order valence-electron chi connectivity index (χ3n) is 5.27. The van der Waals surface area contributed by atoms with E-state index in [9.17, 15) is 0 Å². The van der Waals surface area contributed by atoms with E-state index in [-0.39, 0.29) is 6.71 Å². The molecule has 0 spiro atoms. The molecular weight excluding hydrogens is 367 g/mol. The molecule has 2 heteroatoms. The normalized spacial score (nSPS) is 13.7. The number of halogens is 1. The summed E-state index contributed by atoms with van der Waals surface area (Å²) in [5, 5.41) is 0. The molecule has 1 aliphatic carbocycles. The van der Waals surface area contributed by atoms with E-state index < -0.39 is 0 Å². The summed E-state index contributed by atoms with van der Waals surface area (Å²) in [6.45, 7) is 13.7. The Labute approximate surface area is 161 Å². The lowest BCUT2D eigenvalue weighted by Gasteiger charge is -2.25. The van der Waals surface area contributed by atoms with Crippen LogP contribution in [-0.2, 0) is 0 Å². The molecule has 0 unspecified atom stereocenters. The number of aryl methyl sites for hydroxylation is 6. The smallest absolute Gasteiger partial charge is 0.0801 e. The summed E-state index contributed by atoms with van der Waals surface area (Å²) in [6.07, 6.45) is 5.58. The Morgan fingerprint density at radius 2 is 1.12 bits per heavy atom. The highest BCUT2D eigenvalue weighted by molar-refractivity contribution is 9.11. The van der Waals surface area contributed by atoms with Crippen molar-refractivity contribution in [2.75, 3.05) is 0 Å². The van der Waals surface area contributed by atoms with Crippen LogP contribution in [-0.4, -0.2) is 6.71 Å². The van der Waals surface area contributed by atoms with Crippen LogP contribution in [0.5, 0.6) is 0 Å². The van der Waals surface area contributed by atoms with Gasteiger partial charge in [0.1, 0.15) is 0 Å². The molecule has 2 aromatic rings. The Morgan fingerprint density at radius 1 is 0.720 bits per heavy atom. The highest BCUT2D eigenvalue weighted by Gasteiger charge is 2.31. The fourth-order valence-corrected chi connectivity index (χ4v) is 5.05. The van der Waals surface area contributed by atoms with Crippen LogP contribution in [0, 0.1) is 41.5 Å². The largest absolute Gasteiger partial charge is 0.243 e. The van der Waals surface area contributed by atoms with Gasteiger partial charge in [-0.2, -0.15) is 0 Å². The van der Waals surface area contributed by atoms with Crippen molar-refractivity contribution in [1.29, 1.82) is 0 Å². The van der Waals surface area contributed by atoms with Crippen LogP contribution in [0.2, 0.25) is 0 Å². The molecule has 0 heterocycles. The number of benzene rings is 2. The standard InChI is InChI=1S/C23H26BBr/c1-14-10-16(3)22(17(4)11-14)24(20-8-7-9-21(20)25)23-18(5)12-15(2)13-19(23)6/h7-8,10-13H,9H2,1-6H3. The van der Waals surface area contributed by atoms with E-state index in [4.69, 9.17) is 0 Å². The lowest BCUT2D eigenvalue weighted by Crippen LogP contribution is -2.49. The first-order valence-electron chi connectivity index (χ1n) is 9.00. The maximum Gasteiger partial charge on any atom is 0.243 e. The van der Waals surface area contributed by atoms with Crippen molar-refractivity contribution in [1.82, 2.24) is 0 Å². The molecule has 0 nitrogen and oxygen atoms in total. The van der Waals surface area contributed by atoms with Gasteiger partial charge >= 0.3 is 0 Å². The van der Waals surface area contributed by atoms with Gasteiger partial charge in [0.15, 0.2) is 0 Å². The van der Waals surface area contributed by atoms with Gasteiger partial charge in [-0.3, -0.25) is 0 Å². The first-order chi connectivity index (χ1) is 11.8. The minimum atomic E-state index is 0.286. The van der Waals surface area contributed by atoms with Gasteiger partial charge in [0.2, 0.25) is 6.71 Å². The Bertz CT molecular complexity index is 799. The Kier molecular flexibility index (Phi) is 5.11. The van der Waals surface area contributed by atoms with Gasteiger partial charge < -0.3 is 0 Å². The SMILES string of the molecule is Cc1cc(C)c(B(C2=C(Br)CC=C2)c2c(C)cc(C)cc2C)c(C)c1. The fourth-order valence-electron chi connectivity index (χ4n) is 4.50. The van der Waals surface area contributed by atoms with Crippen LogP contribution in [0.3, 0.4) is 0 Å². The molecule has 0 saturated carbocycles. The number of hydrogen-bond acceptors (Lipinski definition) is 0. The predicted octanol–water partition coefficient (Wildman–Crippen LogP) is 5.29. The van der Waals surface area contributed by atoms with Gasteiger partial charge in [-0.15, -0.1) is 0 Å². The number of rotatable bonds is 3. The van der Waals surface area contributed by atoms with Crippen LogP contribution < -0.4 is 10.9 Å². The summed E-state index contributed by atoms with van der Waals surface area (Å²) in [4.78, 5) is 0. The molecule has 0 N–H and O–H groups in total. The van der Waals surface area contributed by atoms with Crippen LogP contribution in [0.1, 0.15) is 39.8 Å². The molecule has 128 valence electrons. The molecule has 2 aromatic carbocycles. The quantitative estimate of drug-likeness (QED) is 0.622. The summed E-state index contributed by atoms with van der Waals surface area (Å²) in [6, 6.07) is 9.28. The predicted molar refractivity (Wildman–Crippen MR) is 116 cm³/mol. The van der Waals surface area contributed by atoms with Gasteiger partial charge in [-0.1, -0.05) is 102 Å². The molecule has 0 amide bonds. The molecule has 1 aliphatic rings. The average Bonchev–Trinajstić information content (AvgIpc) is 2.89. The first kappa shape index (κ1) is 18.3. The number of allylic oxidation sites excluding steroid dienone is 4. The molecule has 3 rings (SSSR count). The van der Waals surface area contributed by atoms with Gasteiger partial charge in [0, 0.05) is 0 Å². The van der Waals surface area contributed by atoms with Gasteiger partial charge in [0.05, 0.1) is 0 Å². The molecule has 0 fully saturated rings. The zero-order valence-electron chi connectivity index (χ0n) is 16.1. The molecule has 0 atom stereocenters. The zero-order chi connectivity index (χ0) is 18.3. The van der Waals surface area contributed by atoms with E-state index in [1.54, 1.807) is 0 Å². The van der Waals surface area contributed by atoms with Crippen molar-refractivity contribution in [2.24, 2.45) is 0 Å². The summed E-state index contributed by atoms with van der Waals surface area (Å²) in [5.41, 5.74) is 12.5. The molecule has 25 heavy (non-hydrogen) atoms. The second-order valence-corrected chi connectivity index (χ2v) is 8.48. The lowest BCUT2D eigenvalue weighted by atomic mass is 9.33. The topological polar surface area (TPSA) is 0 Å². The monoisotopic (exact) mass is 392 g/mol. The zero-order valence-corrected chi connectivity index (χ0v) is 17.7. The second-order valence-electron chi connectivity index (χ2n) is 7.52. The average molecular weight is 393 g/mol. The van der Waals surface area contributed by atoms with Crippen LogP contribution in [0.25, 0.3) is 0 Å². The summed E-state index contributed by atoms with van der Waals surface area (Å²) in [7, 11) is 0. The Balaban J connectivity index is 2.34. The van der Waals surface area contributed by atoms with Crippen molar-refractivity contribution in [2.45, 2.75) is 48.0 Å². The van der Waals surface area contributed by atoms with Gasteiger partial charge in [-0.05, 0) is 52.4 Å². The molecule has 0 aromatic heterocycles. The minimum Gasteiger partial charge on any atom is -0.0801 e. The fraction of sp³-hybridized carbons (Fsp3) is 0.304. The van der Waals surface area contributed by atoms with Crippen LogP contribution >= 0.6 is 15.9 Å². The van der Waals surface area contributed by atoms with Crippen molar-refractivity contribution >= 4 is 33.6 Å². The summed E-state index contributed by atoms with van der Waals surface area (Å²) in [5.74, 6) is 0. The molecule has 0 radical (unpaired) electrons. The van der Waals surface area contributed by atoms with E-state index in [0.717, 1.165) is 6.42 Å². The maximum atomic E-state index is 3.84. The maximum absolute atomic E-state index is 3.84.